The molecule has 0 N–H and O–H groups in total. The number of benzene rings is 1. The van der Waals surface area contributed by atoms with Crippen LogP contribution >= 0.6 is 0 Å². The van der Waals surface area contributed by atoms with Gasteiger partial charge in [-0.15, -0.1) is 0 Å². The number of nitrogens with zero attached hydrogens (tertiary/aromatic N) is 2. The third kappa shape index (κ3) is 4.16. The van der Waals surface area contributed by atoms with Crippen molar-refractivity contribution < 1.29 is 14.3 Å². The number of ether oxygens (including phenoxy) is 1. The third-order valence-electron chi connectivity index (χ3n) is 3.35. The summed E-state index contributed by atoms with van der Waals surface area (Å²) < 4.78 is 5.16. The molecule has 0 atom stereocenters. The van der Waals surface area contributed by atoms with Gasteiger partial charge in [-0.05, 0) is 23.8 Å². The first kappa shape index (κ1) is 15.3. The molecule has 1 amide bonds. The molecule has 1 aliphatic rings. The fourth-order valence-corrected chi connectivity index (χ4v) is 2.05. The lowest BCUT2D eigenvalue weighted by atomic mass is 10.1. The van der Waals surface area contributed by atoms with Gasteiger partial charge in [0.05, 0.1) is 13.2 Å². The highest BCUT2D eigenvalue weighted by atomic mass is 16.5. The van der Waals surface area contributed by atoms with Gasteiger partial charge < -0.3 is 14.5 Å². The number of morpholine rings is 1. The van der Waals surface area contributed by atoms with Crippen molar-refractivity contribution >= 4 is 23.5 Å². The van der Waals surface area contributed by atoms with Crippen LogP contribution in [0.3, 0.4) is 0 Å². The fraction of sp³-hybridized carbons (Fsp3) is 0.375. The van der Waals surface area contributed by atoms with E-state index in [1.807, 2.05) is 43.3 Å². The minimum atomic E-state index is -0.492. The molecule has 1 aromatic rings. The first-order valence-corrected chi connectivity index (χ1v) is 6.94. The highest BCUT2D eigenvalue weighted by molar-refractivity contribution is 6.41. The predicted molar refractivity (Wildman–Crippen MR) is 82.2 cm³/mol. The second kappa shape index (κ2) is 7.04. The summed E-state index contributed by atoms with van der Waals surface area (Å²) >= 11 is 0. The molecular formula is C16H20N2O3. The Labute approximate surface area is 124 Å². The number of anilines is 1. The van der Waals surface area contributed by atoms with E-state index in [-0.39, 0.29) is 0 Å². The molecule has 2 rings (SSSR count). The molecule has 1 aromatic carbocycles. The van der Waals surface area contributed by atoms with Crippen LogP contribution in [0.2, 0.25) is 0 Å². The molecule has 0 unspecified atom stereocenters. The predicted octanol–water partition coefficient (Wildman–Crippen LogP) is 1.19. The number of hydrogen-bond acceptors (Lipinski definition) is 4. The number of amides is 1. The van der Waals surface area contributed by atoms with Crippen LogP contribution in [0, 0.1) is 0 Å². The lowest BCUT2D eigenvalue weighted by molar-refractivity contribution is -0.145. The molecule has 1 heterocycles. The standard InChI is InChI=1S/C16H20N2O3/c1-17(2)14-6-3-13(4-7-14)5-8-15(19)16(20)18-9-11-21-12-10-18/h3-8H,9-12H2,1-2H3/b8-5+. The molecule has 1 saturated heterocycles. The van der Waals surface area contributed by atoms with Crippen LogP contribution in [0.5, 0.6) is 0 Å². The van der Waals surface area contributed by atoms with Crippen LogP contribution in [0.15, 0.2) is 30.3 Å². The topological polar surface area (TPSA) is 49.9 Å². The molecule has 0 saturated carbocycles. The minimum absolute atomic E-state index is 0.459. The van der Waals surface area contributed by atoms with Gasteiger partial charge in [-0.3, -0.25) is 9.59 Å². The first-order valence-electron chi connectivity index (χ1n) is 6.94. The van der Waals surface area contributed by atoms with Crippen LogP contribution in [0.25, 0.3) is 6.08 Å². The highest BCUT2D eigenvalue weighted by Crippen LogP contribution is 2.13. The molecule has 112 valence electrons. The maximum absolute atomic E-state index is 11.9. The van der Waals surface area contributed by atoms with Crippen molar-refractivity contribution in [3.8, 4) is 0 Å². The van der Waals surface area contributed by atoms with Gasteiger partial charge in [0.2, 0.25) is 5.78 Å². The average molecular weight is 288 g/mol. The van der Waals surface area contributed by atoms with Gasteiger partial charge in [0.1, 0.15) is 0 Å². The largest absolute Gasteiger partial charge is 0.378 e. The maximum Gasteiger partial charge on any atom is 0.294 e. The first-order chi connectivity index (χ1) is 10.1. The molecule has 21 heavy (non-hydrogen) atoms. The van der Waals surface area contributed by atoms with E-state index in [1.54, 1.807) is 6.08 Å². The summed E-state index contributed by atoms with van der Waals surface area (Å²) in [7, 11) is 3.94. The van der Waals surface area contributed by atoms with Gasteiger partial charge in [-0.2, -0.15) is 0 Å². The number of ketones is 1. The van der Waals surface area contributed by atoms with Crippen LogP contribution < -0.4 is 4.90 Å². The van der Waals surface area contributed by atoms with Crippen LogP contribution in [0.1, 0.15) is 5.56 Å². The van der Waals surface area contributed by atoms with Gasteiger partial charge in [0, 0.05) is 32.9 Å². The van der Waals surface area contributed by atoms with Crippen molar-refractivity contribution in [3.05, 3.63) is 35.9 Å². The zero-order valence-corrected chi connectivity index (χ0v) is 12.4. The van der Waals surface area contributed by atoms with Crippen molar-refractivity contribution in [3.63, 3.8) is 0 Å². The number of rotatable bonds is 4. The summed E-state index contributed by atoms with van der Waals surface area (Å²) in [4.78, 5) is 27.3. The van der Waals surface area contributed by atoms with E-state index in [2.05, 4.69) is 0 Å². The second-order valence-electron chi connectivity index (χ2n) is 5.09. The Balaban J connectivity index is 1.96. The zero-order valence-electron chi connectivity index (χ0n) is 12.4. The van der Waals surface area contributed by atoms with E-state index in [0.29, 0.717) is 26.3 Å². The smallest absolute Gasteiger partial charge is 0.294 e. The third-order valence-corrected chi connectivity index (χ3v) is 3.35. The summed E-state index contributed by atoms with van der Waals surface area (Å²) in [5, 5.41) is 0. The Kier molecular flexibility index (Phi) is 5.11. The summed E-state index contributed by atoms with van der Waals surface area (Å²) in [6.45, 7) is 1.95. The van der Waals surface area contributed by atoms with Crippen LogP contribution in [-0.2, 0) is 14.3 Å². The van der Waals surface area contributed by atoms with Gasteiger partial charge in [-0.1, -0.05) is 18.2 Å². The van der Waals surface area contributed by atoms with Crippen molar-refractivity contribution in [1.82, 2.24) is 4.90 Å². The molecule has 5 heteroatoms. The monoisotopic (exact) mass is 288 g/mol. The lowest BCUT2D eigenvalue weighted by Crippen LogP contribution is -2.43. The van der Waals surface area contributed by atoms with Crippen LogP contribution in [-0.4, -0.2) is 57.0 Å². The summed E-state index contributed by atoms with van der Waals surface area (Å²) in [6, 6.07) is 7.76. The maximum atomic E-state index is 11.9. The molecule has 5 nitrogen and oxygen atoms in total. The Morgan fingerprint density at radius 3 is 2.33 bits per heavy atom. The normalized spacial score (nSPS) is 15.2. The number of carbonyl (C=O) groups excluding carboxylic acids is 2. The Morgan fingerprint density at radius 2 is 1.76 bits per heavy atom. The molecular weight excluding hydrogens is 268 g/mol. The second-order valence-corrected chi connectivity index (χ2v) is 5.09. The lowest BCUT2D eigenvalue weighted by Gasteiger charge is -2.25. The van der Waals surface area contributed by atoms with E-state index in [0.717, 1.165) is 11.3 Å². The van der Waals surface area contributed by atoms with Crippen LogP contribution in [0.4, 0.5) is 5.69 Å². The zero-order chi connectivity index (χ0) is 15.2. The molecule has 1 fully saturated rings. The molecule has 0 aliphatic carbocycles. The molecule has 0 spiro atoms. The Hall–Kier alpha value is -2.14. The van der Waals surface area contributed by atoms with Crippen molar-refractivity contribution in [2.24, 2.45) is 0 Å². The Morgan fingerprint density at radius 1 is 1.14 bits per heavy atom. The van der Waals surface area contributed by atoms with E-state index < -0.39 is 11.7 Å². The van der Waals surface area contributed by atoms with E-state index in [4.69, 9.17) is 4.74 Å². The van der Waals surface area contributed by atoms with Gasteiger partial charge >= 0.3 is 0 Å². The molecule has 0 bridgehead atoms. The fourth-order valence-electron chi connectivity index (χ4n) is 2.05. The van der Waals surface area contributed by atoms with Crippen molar-refractivity contribution in [2.45, 2.75) is 0 Å². The molecule has 0 radical (unpaired) electrons. The quantitative estimate of drug-likeness (QED) is 0.617. The number of hydrogen-bond donors (Lipinski definition) is 0. The Bertz CT molecular complexity index is 529. The molecule has 0 aromatic heterocycles. The van der Waals surface area contributed by atoms with Gasteiger partial charge in [0.25, 0.3) is 5.91 Å². The van der Waals surface area contributed by atoms with E-state index >= 15 is 0 Å². The van der Waals surface area contributed by atoms with Gasteiger partial charge in [-0.25, -0.2) is 0 Å². The van der Waals surface area contributed by atoms with Gasteiger partial charge in [0.15, 0.2) is 0 Å². The van der Waals surface area contributed by atoms with E-state index in [9.17, 15) is 9.59 Å². The number of carbonyl (C=O) groups is 2. The minimum Gasteiger partial charge on any atom is -0.378 e. The average Bonchev–Trinajstić information content (AvgIpc) is 2.53. The van der Waals surface area contributed by atoms with Crippen molar-refractivity contribution in [2.75, 3.05) is 45.3 Å². The van der Waals surface area contributed by atoms with E-state index in [1.165, 1.54) is 11.0 Å². The van der Waals surface area contributed by atoms with Crippen molar-refractivity contribution in [1.29, 1.82) is 0 Å². The summed E-state index contributed by atoms with van der Waals surface area (Å²) in [5.41, 5.74) is 1.98. The highest BCUT2D eigenvalue weighted by Gasteiger charge is 2.21. The molecule has 1 aliphatic heterocycles. The summed E-state index contributed by atoms with van der Waals surface area (Å²) in [6.07, 6.45) is 3.00. The summed E-state index contributed by atoms with van der Waals surface area (Å²) in [5.74, 6) is -0.951. The SMILES string of the molecule is CN(C)c1ccc(/C=C/C(=O)C(=O)N2CCOCC2)cc1.